The van der Waals surface area contributed by atoms with Crippen molar-refractivity contribution in [3.63, 3.8) is 0 Å². The highest BCUT2D eigenvalue weighted by atomic mass is 16.5. The molecule has 1 N–H and O–H groups in total. The topological polar surface area (TPSA) is 92.9 Å². The third-order valence-electron chi connectivity index (χ3n) is 5.89. The molecule has 0 saturated carbocycles. The summed E-state index contributed by atoms with van der Waals surface area (Å²) in [5, 5.41) is 15.2. The van der Waals surface area contributed by atoms with Gasteiger partial charge in [-0.25, -0.2) is 0 Å². The molecule has 0 spiro atoms. The summed E-state index contributed by atoms with van der Waals surface area (Å²) in [7, 11) is 1.56. The Labute approximate surface area is 192 Å². The molecule has 1 atom stereocenters. The Hall–Kier alpha value is -3.87. The Kier molecular flexibility index (Phi) is 5.80. The highest BCUT2D eigenvalue weighted by molar-refractivity contribution is 6.51. The summed E-state index contributed by atoms with van der Waals surface area (Å²) in [5.74, 6) is -0.0896. The Balaban J connectivity index is 1.91. The van der Waals surface area contributed by atoms with Crippen LogP contribution >= 0.6 is 0 Å². The van der Waals surface area contributed by atoms with Gasteiger partial charge in [0.05, 0.1) is 18.7 Å². The molecule has 1 aliphatic rings. The fourth-order valence-corrected chi connectivity index (χ4v) is 4.10. The summed E-state index contributed by atoms with van der Waals surface area (Å²) in [6.07, 6.45) is 0. The lowest BCUT2D eigenvalue weighted by Gasteiger charge is -2.23. The molecule has 4 rings (SSSR count). The lowest BCUT2D eigenvalue weighted by atomic mass is 9.93. The Morgan fingerprint density at radius 2 is 1.79 bits per heavy atom. The minimum atomic E-state index is -0.849. The second-order valence-corrected chi connectivity index (χ2v) is 8.47. The van der Waals surface area contributed by atoms with Crippen LogP contribution in [0.2, 0.25) is 0 Å². The molecule has 2 aromatic carbocycles. The maximum Gasteiger partial charge on any atom is 0.301 e. The molecular weight excluding hydrogens is 420 g/mol. The molecule has 0 bridgehead atoms. The van der Waals surface area contributed by atoms with Gasteiger partial charge in [0, 0.05) is 11.6 Å². The second-order valence-electron chi connectivity index (χ2n) is 8.47. The molecule has 7 nitrogen and oxygen atoms in total. The summed E-state index contributed by atoms with van der Waals surface area (Å²) in [4.78, 5) is 27.6. The van der Waals surface area contributed by atoms with Crippen LogP contribution in [0.4, 0.5) is 5.82 Å². The van der Waals surface area contributed by atoms with Gasteiger partial charge in [-0.1, -0.05) is 43.3 Å². The van der Waals surface area contributed by atoms with E-state index in [2.05, 4.69) is 19.0 Å². The second kappa shape index (κ2) is 8.58. The number of Topliss-reactive ketones (excluding diaryl/α,β-unsaturated/α-hetero) is 1. The Morgan fingerprint density at radius 1 is 1.09 bits per heavy atom. The molecule has 7 heteroatoms. The third kappa shape index (κ3) is 3.91. The van der Waals surface area contributed by atoms with E-state index in [0.29, 0.717) is 28.6 Å². The maximum absolute atomic E-state index is 13.2. The number of hydrogen-bond acceptors (Lipinski definition) is 6. The number of amides is 1. The molecule has 0 unspecified atom stereocenters. The molecule has 2 heterocycles. The summed E-state index contributed by atoms with van der Waals surface area (Å²) in [6, 6.07) is 13.5. The first-order valence-corrected chi connectivity index (χ1v) is 10.7. The molecule has 3 aromatic rings. The number of ketones is 1. The smallest absolute Gasteiger partial charge is 0.301 e. The minimum Gasteiger partial charge on any atom is -0.507 e. The van der Waals surface area contributed by atoms with Gasteiger partial charge in [0.2, 0.25) is 0 Å². The zero-order valence-electron chi connectivity index (χ0n) is 19.2. The molecule has 0 aliphatic carbocycles. The number of ether oxygens (including phenoxy) is 1. The van der Waals surface area contributed by atoms with Gasteiger partial charge in [0.1, 0.15) is 17.3 Å². The van der Waals surface area contributed by atoms with E-state index in [1.165, 1.54) is 4.90 Å². The van der Waals surface area contributed by atoms with Gasteiger partial charge in [0.25, 0.3) is 5.78 Å². The van der Waals surface area contributed by atoms with E-state index < -0.39 is 17.7 Å². The number of aliphatic hydroxyl groups excluding tert-OH is 1. The summed E-state index contributed by atoms with van der Waals surface area (Å²) >= 11 is 0. The number of nitrogens with zero attached hydrogens (tertiary/aromatic N) is 2. The van der Waals surface area contributed by atoms with E-state index in [1.54, 1.807) is 38.3 Å². The number of carbonyl (C=O) groups excluding carboxylic acids is 2. The normalized spacial score (nSPS) is 17.8. The van der Waals surface area contributed by atoms with Gasteiger partial charge >= 0.3 is 5.91 Å². The van der Waals surface area contributed by atoms with Gasteiger partial charge in [0.15, 0.2) is 5.82 Å². The zero-order chi connectivity index (χ0) is 23.9. The van der Waals surface area contributed by atoms with Crippen molar-refractivity contribution in [2.75, 3.05) is 12.0 Å². The third-order valence-corrected chi connectivity index (χ3v) is 5.89. The van der Waals surface area contributed by atoms with Crippen molar-refractivity contribution in [2.45, 2.75) is 39.7 Å². The molecule has 170 valence electrons. The fourth-order valence-electron chi connectivity index (χ4n) is 4.10. The first kappa shape index (κ1) is 22.3. The number of benzene rings is 2. The predicted octanol–water partition coefficient (Wildman–Crippen LogP) is 5.05. The van der Waals surface area contributed by atoms with Crippen molar-refractivity contribution < 1.29 is 24.0 Å². The van der Waals surface area contributed by atoms with Crippen molar-refractivity contribution in [3.05, 3.63) is 82.1 Å². The van der Waals surface area contributed by atoms with Gasteiger partial charge in [-0.2, -0.15) is 0 Å². The Morgan fingerprint density at radius 3 is 2.33 bits per heavy atom. The molecular formula is C26H26N2O5. The van der Waals surface area contributed by atoms with Crippen LogP contribution < -0.4 is 9.64 Å². The summed E-state index contributed by atoms with van der Waals surface area (Å²) in [5.41, 5.74) is 3.03. The number of aryl methyl sites for hydroxylation is 2. The van der Waals surface area contributed by atoms with Crippen molar-refractivity contribution in [3.8, 4) is 5.75 Å². The number of carbonyl (C=O) groups is 2. The number of methoxy groups -OCH3 is 1. The molecule has 1 aromatic heterocycles. The van der Waals surface area contributed by atoms with Crippen molar-refractivity contribution in [2.24, 2.45) is 0 Å². The zero-order valence-corrected chi connectivity index (χ0v) is 19.2. The fraction of sp³-hybridized carbons (Fsp3) is 0.269. The van der Waals surface area contributed by atoms with Gasteiger partial charge in [-0.05, 0) is 54.7 Å². The van der Waals surface area contributed by atoms with Gasteiger partial charge in [-0.3, -0.25) is 14.5 Å². The van der Waals surface area contributed by atoms with E-state index in [0.717, 1.165) is 11.1 Å². The Bertz CT molecular complexity index is 1250. The largest absolute Gasteiger partial charge is 0.507 e. The summed E-state index contributed by atoms with van der Waals surface area (Å²) in [6.45, 7) is 7.73. The minimum absolute atomic E-state index is 0.00233. The predicted molar refractivity (Wildman–Crippen MR) is 124 cm³/mol. The van der Waals surface area contributed by atoms with E-state index in [1.807, 2.05) is 31.2 Å². The highest BCUT2D eigenvalue weighted by Gasteiger charge is 2.48. The van der Waals surface area contributed by atoms with Crippen LogP contribution in [0.1, 0.15) is 53.8 Å². The molecule has 33 heavy (non-hydrogen) atoms. The number of anilines is 1. The van der Waals surface area contributed by atoms with E-state index in [9.17, 15) is 14.7 Å². The van der Waals surface area contributed by atoms with E-state index in [-0.39, 0.29) is 17.2 Å². The maximum atomic E-state index is 13.2. The molecule has 0 radical (unpaired) electrons. The number of rotatable bonds is 5. The first-order valence-electron chi connectivity index (χ1n) is 10.7. The van der Waals surface area contributed by atoms with Crippen molar-refractivity contribution >= 4 is 23.3 Å². The van der Waals surface area contributed by atoms with Crippen LogP contribution in [-0.4, -0.2) is 29.1 Å². The van der Waals surface area contributed by atoms with Crippen LogP contribution in [-0.2, 0) is 9.59 Å². The first-order chi connectivity index (χ1) is 15.7. The van der Waals surface area contributed by atoms with Crippen molar-refractivity contribution in [1.29, 1.82) is 0 Å². The monoisotopic (exact) mass is 446 g/mol. The van der Waals surface area contributed by atoms with E-state index in [4.69, 9.17) is 9.26 Å². The number of aliphatic hydroxyl groups is 1. The SMILES string of the molecule is COc1ccc(C(O)=C2C(=O)C(=O)N(c3cc(C)on3)[C@H]2c2ccc(C(C)C)cc2)cc1C. The highest BCUT2D eigenvalue weighted by Crippen LogP contribution is 2.42. The average Bonchev–Trinajstić information content (AvgIpc) is 3.34. The number of aromatic nitrogens is 1. The molecule has 1 saturated heterocycles. The van der Waals surface area contributed by atoms with Crippen LogP contribution in [0, 0.1) is 13.8 Å². The quantitative estimate of drug-likeness (QED) is 0.335. The average molecular weight is 447 g/mol. The van der Waals surface area contributed by atoms with Gasteiger partial charge in [-0.15, -0.1) is 0 Å². The standard InChI is InChI=1S/C26H26N2O5/c1-14(2)17-6-8-18(9-7-17)23-22(24(29)19-10-11-20(32-5)15(3)12-19)25(30)26(31)28(23)21-13-16(4)33-27-21/h6-14,23,29H,1-5H3/t23-/m0/s1. The van der Waals surface area contributed by atoms with Crippen LogP contribution in [0.3, 0.4) is 0 Å². The van der Waals surface area contributed by atoms with Gasteiger partial charge < -0.3 is 14.4 Å². The van der Waals surface area contributed by atoms with E-state index >= 15 is 0 Å². The van der Waals surface area contributed by atoms with Crippen LogP contribution in [0.15, 0.2) is 58.6 Å². The molecule has 1 amide bonds. The summed E-state index contributed by atoms with van der Waals surface area (Å²) < 4.78 is 10.5. The lowest BCUT2D eigenvalue weighted by Crippen LogP contribution is -2.29. The number of hydrogen-bond donors (Lipinski definition) is 1. The van der Waals surface area contributed by atoms with Crippen LogP contribution in [0.5, 0.6) is 5.75 Å². The lowest BCUT2D eigenvalue weighted by molar-refractivity contribution is -0.132. The van der Waals surface area contributed by atoms with Crippen LogP contribution in [0.25, 0.3) is 5.76 Å². The molecule has 1 aliphatic heterocycles. The molecule has 1 fully saturated rings. The van der Waals surface area contributed by atoms with Crippen molar-refractivity contribution in [1.82, 2.24) is 5.16 Å².